The van der Waals surface area contributed by atoms with Crippen LogP contribution < -0.4 is 5.73 Å². The first-order valence-electron chi connectivity index (χ1n) is 8.70. The van der Waals surface area contributed by atoms with Gasteiger partial charge in [0.05, 0.1) is 24.1 Å². The third kappa shape index (κ3) is 4.75. The maximum atomic E-state index is 12.6. The maximum absolute atomic E-state index is 12.6. The van der Waals surface area contributed by atoms with E-state index in [1.54, 1.807) is 0 Å². The summed E-state index contributed by atoms with van der Waals surface area (Å²) < 4.78 is 0. The third-order valence-corrected chi connectivity index (χ3v) is 4.20. The number of imidazole rings is 1. The summed E-state index contributed by atoms with van der Waals surface area (Å²) in [4.78, 5) is 22.7. The Morgan fingerprint density at radius 3 is 2.56 bits per heavy atom. The highest BCUT2D eigenvalue weighted by Gasteiger charge is 2.14. The van der Waals surface area contributed by atoms with Crippen LogP contribution >= 0.6 is 0 Å². The van der Waals surface area contributed by atoms with Gasteiger partial charge in [-0.15, -0.1) is 0 Å². The highest BCUT2D eigenvalue weighted by molar-refractivity contribution is 5.97. The van der Waals surface area contributed by atoms with E-state index in [9.17, 15) is 4.79 Å². The molecule has 5 heteroatoms. The Bertz CT molecular complexity index is 780. The van der Waals surface area contributed by atoms with Crippen molar-refractivity contribution in [3.05, 3.63) is 66.0 Å². The predicted octanol–water partition coefficient (Wildman–Crippen LogP) is 2.99. The molecule has 0 atom stereocenters. The average molecular weight is 336 g/mol. The van der Waals surface area contributed by atoms with E-state index in [1.165, 1.54) is 0 Å². The SMILES string of the molecule is NCCCCN(CC(=O)c1ccccc1)Cc1nc2ccccc2[nH]1. The number of aromatic nitrogens is 2. The van der Waals surface area contributed by atoms with Crippen LogP contribution in [0, 0.1) is 0 Å². The Kier molecular flexibility index (Phi) is 5.93. The quantitative estimate of drug-likeness (QED) is 0.465. The van der Waals surface area contributed by atoms with Gasteiger partial charge in [0.2, 0.25) is 0 Å². The lowest BCUT2D eigenvalue weighted by Gasteiger charge is -2.20. The molecule has 130 valence electrons. The van der Waals surface area contributed by atoms with Gasteiger partial charge in [-0.05, 0) is 38.1 Å². The summed E-state index contributed by atoms with van der Waals surface area (Å²) in [5.74, 6) is 1.01. The second-order valence-electron chi connectivity index (χ2n) is 6.20. The molecule has 0 aliphatic rings. The van der Waals surface area contributed by atoms with Crippen molar-refractivity contribution in [1.82, 2.24) is 14.9 Å². The minimum absolute atomic E-state index is 0.129. The number of nitrogens with zero attached hydrogens (tertiary/aromatic N) is 2. The molecule has 0 unspecified atom stereocenters. The monoisotopic (exact) mass is 336 g/mol. The number of benzene rings is 2. The van der Waals surface area contributed by atoms with Crippen molar-refractivity contribution in [3.63, 3.8) is 0 Å². The lowest BCUT2D eigenvalue weighted by atomic mass is 10.1. The van der Waals surface area contributed by atoms with Crippen molar-refractivity contribution in [2.24, 2.45) is 5.73 Å². The van der Waals surface area contributed by atoms with Crippen LogP contribution in [0.25, 0.3) is 11.0 Å². The fraction of sp³-hybridized carbons (Fsp3) is 0.300. The molecule has 0 saturated carbocycles. The number of carbonyl (C=O) groups excluding carboxylic acids is 1. The standard InChI is InChI=1S/C20H24N4O/c21-12-6-7-13-24(14-19(25)16-8-2-1-3-9-16)15-20-22-17-10-4-5-11-18(17)23-20/h1-5,8-11H,6-7,12-15,21H2,(H,22,23). The summed E-state index contributed by atoms with van der Waals surface area (Å²) in [5.41, 5.74) is 8.33. The molecule has 0 radical (unpaired) electrons. The molecular weight excluding hydrogens is 312 g/mol. The van der Waals surface area contributed by atoms with Gasteiger partial charge in [-0.3, -0.25) is 9.69 Å². The van der Waals surface area contributed by atoms with E-state index in [0.29, 0.717) is 19.6 Å². The first kappa shape index (κ1) is 17.3. The minimum atomic E-state index is 0.129. The summed E-state index contributed by atoms with van der Waals surface area (Å²) >= 11 is 0. The Morgan fingerprint density at radius 2 is 1.80 bits per heavy atom. The predicted molar refractivity (Wildman–Crippen MR) is 100 cm³/mol. The van der Waals surface area contributed by atoms with Crippen molar-refractivity contribution < 1.29 is 4.79 Å². The molecule has 0 saturated heterocycles. The fourth-order valence-corrected chi connectivity index (χ4v) is 2.90. The van der Waals surface area contributed by atoms with E-state index in [4.69, 9.17) is 5.73 Å². The van der Waals surface area contributed by atoms with Crippen LogP contribution in [-0.4, -0.2) is 40.3 Å². The van der Waals surface area contributed by atoms with E-state index in [0.717, 1.165) is 41.8 Å². The first-order valence-corrected chi connectivity index (χ1v) is 8.70. The molecule has 0 fully saturated rings. The Labute approximate surface area is 147 Å². The van der Waals surface area contributed by atoms with Gasteiger partial charge in [-0.2, -0.15) is 0 Å². The fourth-order valence-electron chi connectivity index (χ4n) is 2.90. The van der Waals surface area contributed by atoms with E-state index in [-0.39, 0.29) is 5.78 Å². The van der Waals surface area contributed by atoms with Gasteiger partial charge in [0.1, 0.15) is 5.82 Å². The maximum Gasteiger partial charge on any atom is 0.176 e. The summed E-state index contributed by atoms with van der Waals surface area (Å²) in [6.07, 6.45) is 1.93. The minimum Gasteiger partial charge on any atom is -0.341 e. The average Bonchev–Trinajstić information content (AvgIpc) is 3.05. The normalized spacial score (nSPS) is 11.3. The lowest BCUT2D eigenvalue weighted by Crippen LogP contribution is -2.31. The number of nitrogens with one attached hydrogen (secondary N) is 1. The highest BCUT2D eigenvalue weighted by Crippen LogP contribution is 2.13. The van der Waals surface area contributed by atoms with Gasteiger partial charge >= 0.3 is 0 Å². The van der Waals surface area contributed by atoms with Gasteiger partial charge in [0.15, 0.2) is 5.78 Å². The lowest BCUT2D eigenvalue weighted by molar-refractivity contribution is 0.0923. The summed E-state index contributed by atoms with van der Waals surface area (Å²) in [5, 5.41) is 0. The van der Waals surface area contributed by atoms with Crippen molar-refractivity contribution in [3.8, 4) is 0 Å². The van der Waals surface area contributed by atoms with Crippen LogP contribution in [0.15, 0.2) is 54.6 Å². The second-order valence-corrected chi connectivity index (χ2v) is 6.20. The van der Waals surface area contributed by atoms with Gasteiger partial charge in [0, 0.05) is 5.56 Å². The van der Waals surface area contributed by atoms with Gasteiger partial charge in [0.25, 0.3) is 0 Å². The molecule has 3 aromatic rings. The van der Waals surface area contributed by atoms with Crippen LogP contribution in [0.5, 0.6) is 0 Å². The molecule has 2 aromatic carbocycles. The van der Waals surface area contributed by atoms with Crippen molar-refractivity contribution in [1.29, 1.82) is 0 Å². The molecule has 5 nitrogen and oxygen atoms in total. The summed E-state index contributed by atoms with van der Waals surface area (Å²) in [6.45, 7) is 2.50. The highest BCUT2D eigenvalue weighted by atomic mass is 16.1. The van der Waals surface area contributed by atoms with Crippen LogP contribution in [0.3, 0.4) is 0 Å². The molecule has 3 rings (SSSR count). The van der Waals surface area contributed by atoms with Crippen molar-refractivity contribution >= 4 is 16.8 Å². The van der Waals surface area contributed by atoms with Crippen LogP contribution in [0.1, 0.15) is 29.0 Å². The zero-order valence-electron chi connectivity index (χ0n) is 14.3. The van der Waals surface area contributed by atoms with Crippen LogP contribution in [0.4, 0.5) is 0 Å². The van der Waals surface area contributed by atoms with Gasteiger partial charge in [-0.1, -0.05) is 42.5 Å². The van der Waals surface area contributed by atoms with Gasteiger partial charge in [-0.25, -0.2) is 4.98 Å². The number of hydrogen-bond donors (Lipinski definition) is 2. The summed E-state index contributed by atoms with van der Waals surface area (Å²) in [7, 11) is 0. The summed E-state index contributed by atoms with van der Waals surface area (Å²) in [6, 6.07) is 17.4. The molecule has 3 N–H and O–H groups in total. The van der Waals surface area contributed by atoms with Crippen LogP contribution in [0.2, 0.25) is 0 Å². The zero-order chi connectivity index (χ0) is 17.5. The van der Waals surface area contributed by atoms with Crippen molar-refractivity contribution in [2.75, 3.05) is 19.6 Å². The molecule has 25 heavy (non-hydrogen) atoms. The Morgan fingerprint density at radius 1 is 1.04 bits per heavy atom. The number of rotatable bonds is 9. The van der Waals surface area contributed by atoms with E-state index in [2.05, 4.69) is 14.9 Å². The number of aromatic amines is 1. The largest absolute Gasteiger partial charge is 0.341 e. The molecule has 0 spiro atoms. The number of ketones is 1. The van der Waals surface area contributed by atoms with Crippen molar-refractivity contribution in [2.45, 2.75) is 19.4 Å². The molecule has 0 aliphatic heterocycles. The van der Waals surface area contributed by atoms with E-state index >= 15 is 0 Å². The topological polar surface area (TPSA) is 75.0 Å². The number of para-hydroxylation sites is 2. The number of carbonyl (C=O) groups is 1. The number of nitrogens with two attached hydrogens (primary N) is 1. The smallest absolute Gasteiger partial charge is 0.176 e. The number of Topliss-reactive ketones (excluding diaryl/α,β-unsaturated/α-hetero) is 1. The van der Waals surface area contributed by atoms with E-state index in [1.807, 2.05) is 54.6 Å². The first-order chi connectivity index (χ1) is 12.3. The molecule has 0 amide bonds. The molecule has 1 aromatic heterocycles. The molecular formula is C20H24N4O. The zero-order valence-corrected chi connectivity index (χ0v) is 14.3. The number of fused-ring (bicyclic) bond motifs is 1. The Balaban J connectivity index is 1.70. The Hall–Kier alpha value is -2.50. The van der Waals surface area contributed by atoms with Gasteiger partial charge < -0.3 is 10.7 Å². The molecule has 0 bridgehead atoms. The third-order valence-electron chi connectivity index (χ3n) is 4.20. The van der Waals surface area contributed by atoms with Crippen LogP contribution in [-0.2, 0) is 6.54 Å². The van der Waals surface area contributed by atoms with E-state index < -0.39 is 0 Å². The number of unbranched alkanes of at least 4 members (excludes halogenated alkanes) is 1. The second kappa shape index (κ2) is 8.55. The number of hydrogen-bond acceptors (Lipinski definition) is 4. The molecule has 1 heterocycles. The number of H-pyrrole nitrogens is 1. The molecule has 0 aliphatic carbocycles.